The first-order valence-electron chi connectivity index (χ1n) is 18.4. The van der Waals surface area contributed by atoms with Crippen molar-refractivity contribution in [3.05, 3.63) is 170 Å². The Morgan fingerprint density at radius 1 is 0.436 bits per heavy atom. The van der Waals surface area contributed by atoms with Crippen molar-refractivity contribution in [1.82, 2.24) is 19.5 Å². The van der Waals surface area contributed by atoms with Gasteiger partial charge in [0.2, 0.25) is 0 Å². The quantitative estimate of drug-likeness (QED) is 0.182. The summed E-state index contributed by atoms with van der Waals surface area (Å²) in [5.74, 6) is 1.85. The molecule has 0 radical (unpaired) electrons. The van der Waals surface area contributed by atoms with E-state index in [1.807, 2.05) is 72.0 Å². The van der Waals surface area contributed by atoms with Gasteiger partial charge in [0.05, 0.1) is 15.7 Å². The van der Waals surface area contributed by atoms with Gasteiger partial charge in [0, 0.05) is 65.5 Å². The number of nitrogens with zero attached hydrogens (tertiary/aromatic N) is 4. The molecule has 0 aliphatic rings. The molecule has 12 aromatic rings. The van der Waals surface area contributed by atoms with E-state index in [4.69, 9.17) is 19.4 Å². The Balaban J connectivity index is 1.11. The van der Waals surface area contributed by atoms with Crippen molar-refractivity contribution in [2.45, 2.75) is 0 Å². The zero-order valence-corrected chi connectivity index (χ0v) is 30.1. The molecule has 12 rings (SSSR count). The summed E-state index contributed by atoms with van der Waals surface area (Å²) in [6.07, 6.45) is 0. The van der Waals surface area contributed by atoms with Crippen molar-refractivity contribution in [2.24, 2.45) is 0 Å². The molecule has 5 nitrogen and oxygen atoms in total. The van der Waals surface area contributed by atoms with Gasteiger partial charge in [-0.25, -0.2) is 15.0 Å². The fourth-order valence-electron chi connectivity index (χ4n) is 8.38. The number of benzene rings is 8. The Labute approximate surface area is 318 Å². The van der Waals surface area contributed by atoms with E-state index in [9.17, 15) is 0 Å². The third kappa shape index (κ3) is 4.55. The molecule has 0 saturated carbocycles. The second-order valence-corrected chi connectivity index (χ2v) is 15.0. The highest BCUT2D eigenvalue weighted by atomic mass is 32.1. The number of thiophene rings is 1. The predicted molar refractivity (Wildman–Crippen MR) is 228 cm³/mol. The maximum Gasteiger partial charge on any atom is 0.164 e. The lowest BCUT2D eigenvalue weighted by molar-refractivity contribution is 0.669. The van der Waals surface area contributed by atoms with Crippen molar-refractivity contribution in [1.29, 1.82) is 0 Å². The van der Waals surface area contributed by atoms with Crippen LogP contribution < -0.4 is 0 Å². The number of aromatic nitrogens is 4. The fourth-order valence-corrected chi connectivity index (χ4v) is 9.62. The highest BCUT2D eigenvalue weighted by Gasteiger charge is 2.21. The molecule has 0 fully saturated rings. The van der Waals surface area contributed by atoms with E-state index in [1.165, 1.54) is 42.0 Å². The molecule has 8 aromatic carbocycles. The van der Waals surface area contributed by atoms with E-state index in [1.54, 1.807) is 0 Å². The van der Waals surface area contributed by atoms with Gasteiger partial charge in [-0.15, -0.1) is 11.3 Å². The number of furan rings is 1. The minimum absolute atomic E-state index is 0.601. The molecule has 55 heavy (non-hydrogen) atoms. The molecule has 0 N–H and O–H groups in total. The Morgan fingerprint density at radius 2 is 1.04 bits per heavy atom. The van der Waals surface area contributed by atoms with Crippen LogP contribution in [0.4, 0.5) is 0 Å². The number of hydrogen-bond donors (Lipinski definition) is 0. The molecule has 0 saturated heterocycles. The molecule has 0 unspecified atom stereocenters. The molecule has 4 aromatic heterocycles. The van der Waals surface area contributed by atoms with Crippen molar-refractivity contribution in [3.63, 3.8) is 0 Å². The van der Waals surface area contributed by atoms with Crippen molar-refractivity contribution in [3.8, 4) is 39.9 Å². The molecular weight excluding hydrogens is 693 g/mol. The standard InChI is InChI=1S/C49H28N4OS/c1-3-13-29(14-4-1)47-50-48(30-15-5-2-6-16-30)52-49(51-47)39-28-42-44(35-20-8-7-17-32(35)39)38-24-23-31(27-41(38)54-42)53-40-21-11-9-18-33(40)36-25-26-37-34-19-10-12-22-43(34)55-46(37)45(36)53/h1-28H. The minimum Gasteiger partial charge on any atom is -0.456 e. The number of rotatable bonds is 4. The maximum absolute atomic E-state index is 6.87. The average Bonchev–Trinajstić information content (AvgIpc) is 3.93. The second kappa shape index (κ2) is 11.7. The van der Waals surface area contributed by atoms with Crippen LogP contribution in [0.3, 0.4) is 0 Å². The molecule has 0 aliphatic heterocycles. The molecular formula is C49H28N4OS. The third-order valence-corrected chi connectivity index (χ3v) is 12.0. The summed E-state index contributed by atoms with van der Waals surface area (Å²) >= 11 is 1.86. The number of para-hydroxylation sites is 1. The van der Waals surface area contributed by atoms with Gasteiger partial charge in [-0.2, -0.15) is 0 Å². The van der Waals surface area contributed by atoms with E-state index >= 15 is 0 Å². The predicted octanol–water partition coefficient (Wildman–Crippen LogP) is 13.4. The van der Waals surface area contributed by atoms with Crippen molar-refractivity contribution in [2.75, 3.05) is 0 Å². The summed E-state index contributed by atoms with van der Waals surface area (Å²) in [7, 11) is 0. The van der Waals surface area contributed by atoms with Crippen LogP contribution in [0, 0.1) is 0 Å². The van der Waals surface area contributed by atoms with E-state index in [2.05, 4.69) is 114 Å². The van der Waals surface area contributed by atoms with Gasteiger partial charge in [-0.05, 0) is 41.1 Å². The van der Waals surface area contributed by atoms with Crippen molar-refractivity contribution < 1.29 is 4.42 Å². The third-order valence-electron chi connectivity index (χ3n) is 10.8. The van der Waals surface area contributed by atoms with Gasteiger partial charge in [-0.3, -0.25) is 0 Å². The molecule has 0 bridgehead atoms. The van der Waals surface area contributed by atoms with Crippen LogP contribution in [0.25, 0.3) is 115 Å². The molecule has 4 heterocycles. The van der Waals surface area contributed by atoms with E-state index in [0.29, 0.717) is 17.5 Å². The lowest BCUT2D eigenvalue weighted by Crippen LogP contribution is -2.00. The van der Waals surface area contributed by atoms with Crippen molar-refractivity contribution >= 4 is 86.0 Å². The summed E-state index contributed by atoms with van der Waals surface area (Å²) in [6.45, 7) is 0. The summed E-state index contributed by atoms with van der Waals surface area (Å²) in [4.78, 5) is 15.1. The highest BCUT2D eigenvalue weighted by Crippen LogP contribution is 2.45. The lowest BCUT2D eigenvalue weighted by Gasteiger charge is -2.11. The SMILES string of the molecule is c1ccc(-c2nc(-c3ccccc3)nc(-c3cc4oc5cc(-n6c7ccccc7c7ccc8c9ccccc9sc8c76)ccc5c4c4ccccc34)n2)cc1. The number of hydrogen-bond acceptors (Lipinski definition) is 5. The van der Waals surface area contributed by atoms with Gasteiger partial charge < -0.3 is 8.98 Å². The van der Waals surface area contributed by atoms with Gasteiger partial charge in [0.25, 0.3) is 0 Å². The average molecular weight is 721 g/mol. The van der Waals surface area contributed by atoms with Gasteiger partial charge in [0.15, 0.2) is 17.5 Å². The molecule has 0 atom stereocenters. The Bertz CT molecular complexity index is 3430. The van der Waals surface area contributed by atoms with E-state index in [-0.39, 0.29) is 0 Å². The zero-order chi connectivity index (χ0) is 36.0. The van der Waals surface area contributed by atoms with E-state index in [0.717, 1.165) is 55.1 Å². The first kappa shape index (κ1) is 30.3. The number of fused-ring (bicyclic) bond motifs is 12. The van der Waals surface area contributed by atoms with Gasteiger partial charge in [0.1, 0.15) is 11.2 Å². The largest absolute Gasteiger partial charge is 0.456 e. The summed E-state index contributed by atoms with van der Waals surface area (Å²) in [5.41, 5.74) is 7.84. The normalized spacial score (nSPS) is 12.0. The molecule has 0 spiro atoms. The first-order chi connectivity index (χ1) is 27.3. The Morgan fingerprint density at radius 3 is 1.80 bits per heavy atom. The second-order valence-electron chi connectivity index (χ2n) is 14.0. The van der Waals surface area contributed by atoms with Crippen LogP contribution in [0.2, 0.25) is 0 Å². The first-order valence-corrected chi connectivity index (χ1v) is 19.2. The van der Waals surface area contributed by atoms with Crippen LogP contribution in [-0.4, -0.2) is 19.5 Å². The van der Waals surface area contributed by atoms with Crippen LogP contribution in [-0.2, 0) is 0 Å². The fraction of sp³-hybridized carbons (Fsp3) is 0. The van der Waals surface area contributed by atoms with Crippen LogP contribution in [0.1, 0.15) is 0 Å². The monoisotopic (exact) mass is 720 g/mol. The Hall–Kier alpha value is -7.15. The molecule has 0 amide bonds. The lowest BCUT2D eigenvalue weighted by atomic mass is 9.98. The molecule has 6 heteroatoms. The molecule has 256 valence electrons. The minimum atomic E-state index is 0.601. The highest BCUT2D eigenvalue weighted by molar-refractivity contribution is 7.26. The zero-order valence-electron chi connectivity index (χ0n) is 29.3. The van der Waals surface area contributed by atoms with Gasteiger partial charge in [-0.1, -0.05) is 133 Å². The summed E-state index contributed by atoms with van der Waals surface area (Å²) in [5, 5.41) is 9.35. The van der Waals surface area contributed by atoms with Gasteiger partial charge >= 0.3 is 0 Å². The van der Waals surface area contributed by atoms with Crippen LogP contribution >= 0.6 is 11.3 Å². The topological polar surface area (TPSA) is 56.7 Å². The summed E-state index contributed by atoms with van der Waals surface area (Å²) in [6, 6.07) is 59.4. The Kier molecular flexibility index (Phi) is 6.44. The van der Waals surface area contributed by atoms with E-state index < -0.39 is 0 Å². The van der Waals surface area contributed by atoms with Crippen LogP contribution in [0.5, 0.6) is 0 Å². The smallest absolute Gasteiger partial charge is 0.164 e. The van der Waals surface area contributed by atoms with Crippen LogP contribution in [0.15, 0.2) is 174 Å². The molecule has 0 aliphatic carbocycles. The summed E-state index contributed by atoms with van der Waals surface area (Å²) < 4.78 is 11.9. The maximum atomic E-state index is 6.87.